The summed E-state index contributed by atoms with van der Waals surface area (Å²) in [7, 11) is -4.44. The van der Waals surface area contributed by atoms with Gasteiger partial charge in [0.1, 0.15) is 0 Å². The second kappa shape index (κ2) is 24.2. The molecule has 10 heteroatoms. The monoisotopic (exact) mass is 614 g/mol. The molecule has 0 aromatic rings. The van der Waals surface area contributed by atoms with Crippen LogP contribution in [0, 0.1) is 0 Å². The molecule has 0 aliphatic rings. The summed E-state index contributed by atoms with van der Waals surface area (Å²) in [4.78, 5) is 0. The number of hydrogen-bond acceptors (Lipinski definition) is 6. The van der Waals surface area contributed by atoms with E-state index in [1.54, 1.807) is 0 Å². The first kappa shape index (κ1) is 39.7. The van der Waals surface area contributed by atoms with Crippen molar-refractivity contribution in [3.8, 4) is 0 Å². The summed E-state index contributed by atoms with van der Waals surface area (Å²) in [6.45, 7) is 25.4. The molecule has 0 unspecified atom stereocenters. The molecule has 0 saturated carbocycles. The Morgan fingerprint density at radius 3 is 0.900 bits per heavy atom. The van der Waals surface area contributed by atoms with Gasteiger partial charge in [-0.1, -0.05) is 133 Å². The van der Waals surface area contributed by atoms with E-state index in [0.29, 0.717) is 59.5 Å². The first-order chi connectivity index (χ1) is 19.1. The van der Waals surface area contributed by atoms with Gasteiger partial charge in [-0.05, 0) is 0 Å². The van der Waals surface area contributed by atoms with E-state index in [1.807, 2.05) is 0 Å². The normalized spacial score (nSPS) is 13.4. The van der Waals surface area contributed by atoms with Crippen LogP contribution in [0.4, 0.5) is 0 Å². The van der Waals surface area contributed by atoms with E-state index >= 15 is 0 Å². The third-order valence-electron chi connectivity index (χ3n) is 8.49. The van der Waals surface area contributed by atoms with E-state index in [2.05, 4.69) is 96.5 Å². The fourth-order valence-electron chi connectivity index (χ4n) is 3.66. The molecule has 0 fully saturated rings. The average Bonchev–Trinajstić information content (AvgIpc) is 2.98. The molecule has 0 bridgehead atoms. The van der Waals surface area contributed by atoms with Crippen molar-refractivity contribution in [2.45, 2.75) is 97.4 Å². The topological polar surface area (TPSA) is 55.4 Å². The van der Waals surface area contributed by atoms with Crippen molar-refractivity contribution < 1.29 is 28.2 Å². The van der Waals surface area contributed by atoms with Crippen molar-refractivity contribution in [1.29, 1.82) is 0 Å². The van der Waals surface area contributed by atoms with Crippen molar-refractivity contribution in [2.75, 3.05) is 59.5 Å². The third-order valence-corrected chi connectivity index (χ3v) is 21.3. The Morgan fingerprint density at radius 1 is 0.425 bits per heavy atom. The lowest BCUT2D eigenvalue weighted by Crippen LogP contribution is -2.31. The van der Waals surface area contributed by atoms with Crippen LogP contribution in [0.5, 0.6) is 0 Å². The van der Waals surface area contributed by atoms with Crippen LogP contribution in [0.25, 0.3) is 0 Å². The zero-order valence-corrected chi connectivity index (χ0v) is 30.6. The summed E-state index contributed by atoms with van der Waals surface area (Å²) in [5.41, 5.74) is 7.19. The van der Waals surface area contributed by atoms with E-state index in [1.165, 1.54) is 36.3 Å². The minimum absolute atomic E-state index is 0.399. The molecule has 0 spiro atoms. The first-order valence-electron chi connectivity index (χ1n) is 15.8. The van der Waals surface area contributed by atoms with Crippen LogP contribution in [0.2, 0.25) is 55.9 Å². The summed E-state index contributed by atoms with van der Waals surface area (Å²) >= 11 is 0. The quantitative estimate of drug-likeness (QED) is 0.0698. The van der Waals surface area contributed by atoms with Gasteiger partial charge in [-0.25, -0.2) is 0 Å². The maximum absolute atomic E-state index is 5.82. The Bertz CT molecular complexity index is 590. The average molecular weight is 615 g/mol. The molecular weight excluding hydrogens is 551 g/mol. The van der Waals surface area contributed by atoms with Crippen molar-refractivity contribution in [3.63, 3.8) is 0 Å². The lowest BCUT2D eigenvalue weighted by molar-refractivity contribution is 0.0284. The summed E-state index contributed by atoms with van der Waals surface area (Å²) < 4.78 is 34.7. The van der Waals surface area contributed by atoms with Crippen molar-refractivity contribution >= 4 is 31.5 Å². The summed E-state index contributed by atoms with van der Waals surface area (Å²) in [5.74, 6) is 0. The summed E-state index contributed by atoms with van der Waals surface area (Å²) in [6.07, 6.45) is 6.50. The highest BCUT2D eigenvalue weighted by molar-refractivity contribution is 6.84. The van der Waals surface area contributed by atoms with Gasteiger partial charge >= 0.3 is 7.32 Å². The largest absolute Gasteiger partial charge is 0.639 e. The molecule has 0 aromatic heterocycles. The van der Waals surface area contributed by atoms with E-state index in [0.717, 1.165) is 0 Å². The van der Waals surface area contributed by atoms with E-state index < -0.39 is 31.5 Å². The van der Waals surface area contributed by atoms with Gasteiger partial charge in [-0.2, -0.15) is 0 Å². The van der Waals surface area contributed by atoms with Gasteiger partial charge in [0.05, 0.1) is 83.7 Å². The lowest BCUT2D eigenvalue weighted by atomic mass is 10.2. The standard InChI is InChI=1S/C30H63BO6Si3/c1-10-38(7,11-2)28-16-19-32-22-25-35-31(36-26-23-33-20-17-29-39(8,12-3)13-4)37-27-24-34-21-18-30-40(9,14-5)15-6/h16-18,28-30H,10-15,19-27H2,1-9H3/b28-16+,29-17+,30-18+. The molecule has 0 N–H and O–H groups in total. The smallest absolute Gasteiger partial charge is 0.383 e. The van der Waals surface area contributed by atoms with E-state index in [9.17, 15) is 0 Å². The van der Waals surface area contributed by atoms with Gasteiger partial charge in [0, 0.05) is 0 Å². The van der Waals surface area contributed by atoms with Crippen LogP contribution in [0.15, 0.2) is 35.3 Å². The SMILES string of the molecule is CC[Si](C)(/C=C/COCCOB(OCCOC/C=C/[Si](C)(CC)CC)OCCOC/C=C/[Si](C)(CC)CC)CC. The maximum atomic E-state index is 5.82. The van der Waals surface area contributed by atoms with E-state index in [4.69, 9.17) is 28.2 Å². The van der Waals surface area contributed by atoms with Crippen LogP contribution < -0.4 is 0 Å². The van der Waals surface area contributed by atoms with Gasteiger partial charge in [0.2, 0.25) is 0 Å². The molecule has 0 radical (unpaired) electrons. The minimum Gasteiger partial charge on any atom is -0.383 e. The van der Waals surface area contributed by atoms with Crippen LogP contribution >= 0.6 is 0 Å². The zero-order chi connectivity index (χ0) is 30.2. The molecule has 6 nitrogen and oxygen atoms in total. The van der Waals surface area contributed by atoms with E-state index in [-0.39, 0.29) is 0 Å². The number of ether oxygens (including phenoxy) is 3. The van der Waals surface area contributed by atoms with Crippen molar-refractivity contribution in [1.82, 2.24) is 0 Å². The van der Waals surface area contributed by atoms with Crippen molar-refractivity contribution in [3.05, 3.63) is 35.3 Å². The minimum atomic E-state index is -1.23. The van der Waals surface area contributed by atoms with Gasteiger partial charge in [-0.15, -0.1) is 0 Å². The molecule has 0 aliphatic heterocycles. The van der Waals surface area contributed by atoms with Crippen molar-refractivity contribution in [2.24, 2.45) is 0 Å². The first-order valence-corrected chi connectivity index (χ1v) is 24.7. The Kier molecular flexibility index (Phi) is 24.0. The highest BCUT2D eigenvalue weighted by Crippen LogP contribution is 2.17. The Morgan fingerprint density at radius 2 is 0.675 bits per heavy atom. The van der Waals surface area contributed by atoms with Gasteiger partial charge in [0.15, 0.2) is 0 Å². The molecular formula is C30H63BO6Si3. The van der Waals surface area contributed by atoms with Crippen LogP contribution in [-0.2, 0) is 28.2 Å². The predicted molar refractivity (Wildman–Crippen MR) is 181 cm³/mol. The molecule has 234 valence electrons. The molecule has 0 aromatic carbocycles. The molecule has 40 heavy (non-hydrogen) atoms. The predicted octanol–water partition coefficient (Wildman–Crippen LogP) is 7.71. The van der Waals surface area contributed by atoms with Crippen LogP contribution in [0.1, 0.15) is 41.5 Å². The Labute approximate surface area is 251 Å². The second-order valence-corrected chi connectivity index (χ2v) is 26.6. The zero-order valence-electron chi connectivity index (χ0n) is 27.6. The molecule has 0 atom stereocenters. The summed E-state index contributed by atoms with van der Waals surface area (Å²) in [5, 5.41) is 0. The van der Waals surface area contributed by atoms with Crippen LogP contribution in [0.3, 0.4) is 0 Å². The fourth-order valence-corrected chi connectivity index (χ4v) is 8.57. The van der Waals surface area contributed by atoms with Crippen LogP contribution in [-0.4, -0.2) is 91.0 Å². The van der Waals surface area contributed by atoms with Gasteiger partial charge in [-0.3, -0.25) is 0 Å². The molecule has 0 heterocycles. The molecule has 0 amide bonds. The highest BCUT2D eigenvalue weighted by Gasteiger charge is 2.22. The van der Waals surface area contributed by atoms with Gasteiger partial charge in [0.25, 0.3) is 0 Å². The fraction of sp³-hybridized carbons (Fsp3) is 0.800. The third kappa shape index (κ3) is 19.8. The molecule has 0 aliphatic carbocycles. The Hall–Kier alpha value is -0.304. The summed E-state index contributed by atoms with van der Waals surface area (Å²) in [6, 6.07) is 7.56. The lowest BCUT2D eigenvalue weighted by Gasteiger charge is -2.19. The molecule has 0 rings (SSSR count). The maximum Gasteiger partial charge on any atom is 0.639 e. The number of rotatable bonds is 27. The highest BCUT2D eigenvalue weighted by atomic mass is 28.3. The molecule has 0 saturated heterocycles. The van der Waals surface area contributed by atoms with Gasteiger partial charge < -0.3 is 28.2 Å². The Balaban J connectivity index is 4.47. The number of hydrogen-bond donors (Lipinski definition) is 0. The second-order valence-electron chi connectivity index (χ2n) is 11.4.